The van der Waals surface area contributed by atoms with Gasteiger partial charge in [0.15, 0.2) is 5.96 Å². The Morgan fingerprint density at radius 2 is 2.00 bits per heavy atom. The number of nitrogens with zero attached hydrogens (tertiary/aromatic N) is 2. The summed E-state index contributed by atoms with van der Waals surface area (Å²) in [5.74, 6) is 0.971. The second-order valence-corrected chi connectivity index (χ2v) is 6.32. The van der Waals surface area contributed by atoms with Crippen LogP contribution in [-0.4, -0.2) is 57.5 Å². The van der Waals surface area contributed by atoms with E-state index in [0.29, 0.717) is 6.54 Å². The van der Waals surface area contributed by atoms with E-state index in [4.69, 9.17) is 0 Å². The number of hydrogen-bond acceptors (Lipinski definition) is 3. The van der Waals surface area contributed by atoms with Crippen LogP contribution in [0.4, 0.5) is 0 Å². The number of rotatable bonds is 4. The van der Waals surface area contributed by atoms with Gasteiger partial charge in [0.05, 0.1) is 12.3 Å². The van der Waals surface area contributed by atoms with Crippen molar-refractivity contribution in [2.75, 3.05) is 38.2 Å². The summed E-state index contributed by atoms with van der Waals surface area (Å²) in [6, 6.07) is 0. The van der Waals surface area contributed by atoms with E-state index in [1.54, 1.807) is 0 Å². The second kappa shape index (κ2) is 6.08. The van der Waals surface area contributed by atoms with Gasteiger partial charge >= 0.3 is 0 Å². The molecule has 1 aliphatic rings. The minimum Gasteiger partial charge on any atom is -0.357 e. The summed E-state index contributed by atoms with van der Waals surface area (Å²) in [4.78, 5) is 6.52. The molecule has 0 aromatic heterocycles. The van der Waals surface area contributed by atoms with Crippen LogP contribution in [0.15, 0.2) is 4.99 Å². The fourth-order valence-corrected chi connectivity index (χ4v) is 2.10. The lowest BCUT2D eigenvalue weighted by Gasteiger charge is -2.20. The zero-order valence-electron chi connectivity index (χ0n) is 10.1. The topological polar surface area (TPSA) is 61.8 Å². The van der Waals surface area contributed by atoms with Gasteiger partial charge in [-0.1, -0.05) is 0 Å². The van der Waals surface area contributed by atoms with Crippen molar-refractivity contribution in [3.05, 3.63) is 0 Å². The van der Waals surface area contributed by atoms with Crippen LogP contribution >= 0.6 is 0 Å². The molecule has 0 atom stereocenters. The SMILES string of the molecule is CCNC(=NCCS(C)(=O)=O)N1CCCC1. The smallest absolute Gasteiger partial charge is 0.193 e. The maximum Gasteiger partial charge on any atom is 0.193 e. The molecule has 1 rings (SSSR count). The third kappa shape index (κ3) is 4.83. The van der Waals surface area contributed by atoms with Crippen molar-refractivity contribution >= 4 is 15.8 Å². The van der Waals surface area contributed by atoms with E-state index in [1.807, 2.05) is 6.92 Å². The largest absolute Gasteiger partial charge is 0.357 e. The van der Waals surface area contributed by atoms with Crippen LogP contribution in [0.1, 0.15) is 19.8 Å². The van der Waals surface area contributed by atoms with Crippen LogP contribution in [0, 0.1) is 0 Å². The van der Waals surface area contributed by atoms with E-state index in [9.17, 15) is 8.42 Å². The minimum absolute atomic E-state index is 0.121. The predicted octanol–water partition coefficient (Wildman–Crippen LogP) is 0.0923. The molecule has 5 nitrogen and oxygen atoms in total. The molecule has 94 valence electrons. The molecule has 1 saturated heterocycles. The Morgan fingerprint density at radius 1 is 1.38 bits per heavy atom. The predicted molar refractivity (Wildman–Crippen MR) is 66.5 cm³/mol. The Balaban J connectivity index is 2.51. The lowest BCUT2D eigenvalue weighted by Crippen LogP contribution is -2.39. The molecule has 1 N–H and O–H groups in total. The van der Waals surface area contributed by atoms with Gasteiger partial charge in [-0.15, -0.1) is 0 Å². The van der Waals surface area contributed by atoms with Crippen LogP contribution in [0.3, 0.4) is 0 Å². The summed E-state index contributed by atoms with van der Waals surface area (Å²) in [6.07, 6.45) is 3.62. The highest BCUT2D eigenvalue weighted by Gasteiger charge is 2.15. The van der Waals surface area contributed by atoms with Gasteiger partial charge in [-0.05, 0) is 19.8 Å². The van der Waals surface area contributed by atoms with E-state index in [2.05, 4.69) is 15.2 Å². The van der Waals surface area contributed by atoms with Crippen LogP contribution in [0.2, 0.25) is 0 Å². The first kappa shape index (κ1) is 13.3. The first-order valence-electron chi connectivity index (χ1n) is 5.74. The third-order valence-corrected chi connectivity index (χ3v) is 3.39. The van der Waals surface area contributed by atoms with E-state index >= 15 is 0 Å². The van der Waals surface area contributed by atoms with Crippen molar-refractivity contribution in [1.29, 1.82) is 0 Å². The van der Waals surface area contributed by atoms with Gasteiger partial charge in [0.25, 0.3) is 0 Å². The summed E-state index contributed by atoms with van der Waals surface area (Å²) in [5.41, 5.74) is 0. The van der Waals surface area contributed by atoms with Crippen LogP contribution in [-0.2, 0) is 9.84 Å². The molecule has 1 fully saturated rings. The van der Waals surface area contributed by atoms with Crippen LogP contribution < -0.4 is 5.32 Å². The summed E-state index contributed by atoms with van der Waals surface area (Å²) < 4.78 is 22.0. The molecule has 0 aliphatic carbocycles. The maximum absolute atomic E-state index is 11.0. The molecule has 1 heterocycles. The van der Waals surface area contributed by atoms with E-state index in [0.717, 1.165) is 25.6 Å². The number of hydrogen-bond donors (Lipinski definition) is 1. The first-order chi connectivity index (χ1) is 7.53. The molecule has 6 heteroatoms. The van der Waals surface area contributed by atoms with Crippen molar-refractivity contribution in [3.63, 3.8) is 0 Å². The maximum atomic E-state index is 11.0. The molecule has 0 radical (unpaired) electrons. The zero-order chi connectivity index (χ0) is 12.0. The minimum atomic E-state index is -2.91. The normalized spacial score (nSPS) is 17.9. The van der Waals surface area contributed by atoms with Crippen molar-refractivity contribution < 1.29 is 8.42 Å². The Labute approximate surface area is 97.8 Å². The number of sulfone groups is 1. The molecular weight excluding hydrogens is 226 g/mol. The van der Waals surface area contributed by atoms with Gasteiger partial charge in [0.2, 0.25) is 0 Å². The second-order valence-electron chi connectivity index (χ2n) is 4.06. The molecule has 0 unspecified atom stereocenters. The molecule has 0 aromatic rings. The molecule has 0 amide bonds. The Hall–Kier alpha value is -0.780. The van der Waals surface area contributed by atoms with Gasteiger partial charge in [-0.25, -0.2) is 8.42 Å². The molecule has 1 aliphatic heterocycles. The summed E-state index contributed by atoms with van der Waals surface area (Å²) >= 11 is 0. The fraction of sp³-hybridized carbons (Fsp3) is 0.900. The lowest BCUT2D eigenvalue weighted by molar-refractivity contribution is 0.494. The fourth-order valence-electron chi connectivity index (χ4n) is 1.67. The molecular formula is C10H21N3O2S. The van der Waals surface area contributed by atoms with Crippen molar-refractivity contribution in [1.82, 2.24) is 10.2 Å². The summed E-state index contributed by atoms with van der Waals surface area (Å²) in [6.45, 7) is 5.21. The number of nitrogens with one attached hydrogen (secondary N) is 1. The van der Waals surface area contributed by atoms with Gasteiger partial charge in [0, 0.05) is 25.9 Å². The van der Waals surface area contributed by atoms with Crippen molar-refractivity contribution in [2.45, 2.75) is 19.8 Å². The average Bonchev–Trinajstić information content (AvgIpc) is 2.67. The van der Waals surface area contributed by atoms with Crippen LogP contribution in [0.25, 0.3) is 0 Å². The quantitative estimate of drug-likeness (QED) is 0.565. The number of guanidine groups is 1. The molecule has 0 aromatic carbocycles. The van der Waals surface area contributed by atoms with Gasteiger partial charge in [-0.2, -0.15) is 0 Å². The van der Waals surface area contributed by atoms with Crippen molar-refractivity contribution in [3.8, 4) is 0 Å². The Morgan fingerprint density at radius 3 is 2.50 bits per heavy atom. The first-order valence-corrected chi connectivity index (χ1v) is 7.80. The monoisotopic (exact) mass is 247 g/mol. The van der Waals surface area contributed by atoms with Gasteiger partial charge in [0.1, 0.15) is 9.84 Å². The molecule has 0 spiro atoms. The molecule has 0 bridgehead atoms. The van der Waals surface area contributed by atoms with Gasteiger partial charge < -0.3 is 10.2 Å². The summed E-state index contributed by atoms with van der Waals surface area (Å²) in [5, 5.41) is 3.19. The lowest BCUT2D eigenvalue weighted by atomic mass is 10.4. The number of aliphatic imine (C=N–C) groups is 1. The zero-order valence-corrected chi connectivity index (χ0v) is 10.9. The Bertz CT molecular complexity index is 332. The Kier molecular flexibility index (Phi) is 5.05. The molecule has 16 heavy (non-hydrogen) atoms. The molecule has 0 saturated carbocycles. The van der Waals surface area contributed by atoms with E-state index in [1.165, 1.54) is 19.1 Å². The van der Waals surface area contributed by atoms with E-state index < -0.39 is 9.84 Å². The highest BCUT2D eigenvalue weighted by atomic mass is 32.2. The highest BCUT2D eigenvalue weighted by Crippen LogP contribution is 2.07. The van der Waals surface area contributed by atoms with Gasteiger partial charge in [-0.3, -0.25) is 4.99 Å². The summed E-state index contributed by atoms with van der Waals surface area (Å²) in [7, 11) is -2.91. The van der Waals surface area contributed by atoms with Crippen molar-refractivity contribution in [2.24, 2.45) is 4.99 Å². The average molecular weight is 247 g/mol. The third-order valence-electron chi connectivity index (χ3n) is 2.46. The number of likely N-dealkylation sites (tertiary alicyclic amines) is 1. The van der Waals surface area contributed by atoms with E-state index in [-0.39, 0.29) is 5.75 Å². The highest BCUT2D eigenvalue weighted by molar-refractivity contribution is 7.90. The standard InChI is InChI=1S/C10H21N3O2S/c1-3-11-10(13-7-4-5-8-13)12-6-9-16(2,14)15/h3-9H2,1-2H3,(H,11,12). The van der Waals surface area contributed by atoms with Crippen LogP contribution in [0.5, 0.6) is 0 Å².